The number of aliphatic hydroxyl groups excluding tert-OH is 1. The van der Waals surface area contributed by atoms with Gasteiger partial charge in [-0.25, -0.2) is 0 Å². The lowest BCUT2D eigenvalue weighted by Gasteiger charge is -2.34. The van der Waals surface area contributed by atoms with Crippen LogP contribution in [0.15, 0.2) is 0 Å². The van der Waals surface area contributed by atoms with Crippen molar-refractivity contribution in [2.75, 3.05) is 20.2 Å². The summed E-state index contributed by atoms with van der Waals surface area (Å²) in [5.41, 5.74) is 0. The fourth-order valence-electron chi connectivity index (χ4n) is 2.67. The molecule has 1 amide bonds. The molecule has 1 aliphatic carbocycles. The number of carbonyl (C=O) groups is 1. The second kappa shape index (κ2) is 7.12. The number of carbonyl (C=O) groups excluding carboxylic acids is 1. The van der Waals surface area contributed by atoms with E-state index in [1.165, 1.54) is 4.90 Å². The molecule has 2 atom stereocenters. The first kappa shape index (κ1) is 16.3. The first-order valence-electron chi connectivity index (χ1n) is 6.80. The molecule has 0 aliphatic heterocycles. The minimum absolute atomic E-state index is 0.0383. The number of nitrogens with zero attached hydrogens (tertiary/aromatic N) is 1. The monoisotopic (exact) mass is 281 g/mol. The maximum atomic E-state index is 12.9. The summed E-state index contributed by atoms with van der Waals surface area (Å²) in [5.74, 6) is -2.82. The highest BCUT2D eigenvalue weighted by Crippen LogP contribution is 2.42. The van der Waals surface area contributed by atoms with Crippen molar-refractivity contribution in [2.24, 2.45) is 11.8 Å². The number of alkyl halides is 3. The lowest BCUT2D eigenvalue weighted by molar-refractivity contribution is -0.200. The molecule has 0 radical (unpaired) electrons. The van der Waals surface area contributed by atoms with Crippen LogP contribution in [0.5, 0.6) is 0 Å². The largest absolute Gasteiger partial charge is 0.396 e. The SMILES string of the molecule is CN(CCCCO)C(=O)[C@@H]1CCCC[C@@H]1C(F)(F)F. The molecular weight excluding hydrogens is 259 g/mol. The third kappa shape index (κ3) is 4.67. The Morgan fingerprint density at radius 1 is 1.26 bits per heavy atom. The average Bonchev–Trinajstić information content (AvgIpc) is 2.37. The number of hydrogen-bond acceptors (Lipinski definition) is 2. The summed E-state index contributed by atoms with van der Waals surface area (Å²) < 4.78 is 38.8. The number of aliphatic hydroxyl groups is 1. The Balaban J connectivity index is 2.61. The zero-order chi connectivity index (χ0) is 14.5. The molecule has 1 aliphatic rings. The number of rotatable bonds is 5. The molecule has 0 heterocycles. The summed E-state index contributed by atoms with van der Waals surface area (Å²) >= 11 is 0. The zero-order valence-corrected chi connectivity index (χ0v) is 11.2. The summed E-state index contributed by atoms with van der Waals surface area (Å²) in [6.45, 7) is 0.442. The second-order valence-electron chi connectivity index (χ2n) is 5.23. The van der Waals surface area contributed by atoms with Crippen molar-refractivity contribution >= 4 is 5.91 Å². The van der Waals surface area contributed by atoms with Crippen LogP contribution in [0, 0.1) is 11.8 Å². The van der Waals surface area contributed by atoms with Crippen LogP contribution in [0.25, 0.3) is 0 Å². The van der Waals surface area contributed by atoms with Gasteiger partial charge in [-0.2, -0.15) is 13.2 Å². The summed E-state index contributed by atoms with van der Waals surface area (Å²) in [6, 6.07) is 0. The molecule has 0 aromatic heterocycles. The third-order valence-corrected chi connectivity index (χ3v) is 3.78. The molecule has 0 unspecified atom stereocenters. The molecule has 0 aromatic rings. The predicted molar refractivity (Wildman–Crippen MR) is 65.5 cm³/mol. The smallest absolute Gasteiger partial charge is 0.392 e. The molecule has 1 rings (SSSR count). The van der Waals surface area contributed by atoms with E-state index in [0.717, 1.165) is 0 Å². The van der Waals surface area contributed by atoms with E-state index >= 15 is 0 Å². The van der Waals surface area contributed by atoms with E-state index in [0.29, 0.717) is 38.6 Å². The fourth-order valence-corrected chi connectivity index (χ4v) is 2.67. The molecular formula is C13H22F3NO2. The zero-order valence-electron chi connectivity index (χ0n) is 11.2. The van der Waals surface area contributed by atoms with Crippen molar-refractivity contribution in [3.63, 3.8) is 0 Å². The normalized spacial score (nSPS) is 24.3. The topological polar surface area (TPSA) is 40.5 Å². The Morgan fingerprint density at radius 2 is 1.89 bits per heavy atom. The van der Waals surface area contributed by atoms with Gasteiger partial charge < -0.3 is 10.0 Å². The van der Waals surface area contributed by atoms with E-state index in [1.807, 2.05) is 0 Å². The minimum atomic E-state index is -4.29. The van der Waals surface area contributed by atoms with Crippen molar-refractivity contribution in [2.45, 2.75) is 44.7 Å². The van der Waals surface area contributed by atoms with E-state index in [-0.39, 0.29) is 13.0 Å². The number of halogens is 3. The van der Waals surface area contributed by atoms with Crippen molar-refractivity contribution in [1.82, 2.24) is 4.90 Å². The molecule has 1 saturated carbocycles. The molecule has 112 valence electrons. The molecule has 1 fully saturated rings. The van der Waals surface area contributed by atoms with Crippen molar-refractivity contribution in [3.8, 4) is 0 Å². The number of amides is 1. The van der Waals surface area contributed by atoms with E-state index in [4.69, 9.17) is 5.11 Å². The third-order valence-electron chi connectivity index (χ3n) is 3.78. The molecule has 1 N–H and O–H groups in total. The van der Waals surface area contributed by atoms with Gasteiger partial charge in [0.2, 0.25) is 5.91 Å². The molecule has 3 nitrogen and oxygen atoms in total. The predicted octanol–water partition coefficient (Wildman–Crippen LogP) is 2.59. The van der Waals surface area contributed by atoms with Gasteiger partial charge in [-0.05, 0) is 25.7 Å². The molecule has 0 saturated heterocycles. The first-order chi connectivity index (χ1) is 8.88. The van der Waals surface area contributed by atoms with Crippen molar-refractivity contribution in [3.05, 3.63) is 0 Å². The Bertz CT molecular complexity index is 294. The molecule has 6 heteroatoms. The van der Waals surface area contributed by atoms with Crippen LogP contribution in [0.2, 0.25) is 0 Å². The Hall–Kier alpha value is -0.780. The average molecular weight is 281 g/mol. The number of hydrogen-bond donors (Lipinski definition) is 1. The van der Waals surface area contributed by atoms with Gasteiger partial charge in [-0.1, -0.05) is 12.8 Å². The summed E-state index contributed by atoms with van der Waals surface area (Å²) in [4.78, 5) is 13.5. The van der Waals surface area contributed by atoms with Gasteiger partial charge >= 0.3 is 6.18 Å². The van der Waals surface area contributed by atoms with Crippen LogP contribution in [-0.2, 0) is 4.79 Å². The van der Waals surface area contributed by atoms with Crippen molar-refractivity contribution in [1.29, 1.82) is 0 Å². The van der Waals surface area contributed by atoms with Crippen LogP contribution in [0.4, 0.5) is 13.2 Å². The fraction of sp³-hybridized carbons (Fsp3) is 0.923. The highest BCUT2D eigenvalue weighted by molar-refractivity contribution is 5.79. The van der Waals surface area contributed by atoms with Crippen LogP contribution in [-0.4, -0.2) is 42.3 Å². The Morgan fingerprint density at radius 3 is 2.47 bits per heavy atom. The van der Waals surface area contributed by atoms with Gasteiger partial charge in [0, 0.05) is 26.1 Å². The van der Waals surface area contributed by atoms with Crippen molar-refractivity contribution < 1.29 is 23.1 Å². The maximum absolute atomic E-state index is 12.9. The van der Waals surface area contributed by atoms with Crippen LogP contribution in [0.1, 0.15) is 38.5 Å². The van der Waals surface area contributed by atoms with Crippen LogP contribution < -0.4 is 0 Å². The van der Waals surface area contributed by atoms with E-state index in [9.17, 15) is 18.0 Å². The number of unbranched alkanes of at least 4 members (excludes halogenated alkanes) is 1. The lowest BCUT2D eigenvalue weighted by atomic mass is 9.78. The highest BCUT2D eigenvalue weighted by Gasteiger charge is 2.48. The molecule has 0 aromatic carbocycles. The van der Waals surface area contributed by atoms with Gasteiger partial charge in [0.25, 0.3) is 0 Å². The van der Waals surface area contributed by atoms with Gasteiger partial charge in [-0.3, -0.25) is 4.79 Å². The minimum Gasteiger partial charge on any atom is -0.396 e. The van der Waals surface area contributed by atoms with E-state index < -0.39 is 23.9 Å². The van der Waals surface area contributed by atoms with Gasteiger partial charge in [0.1, 0.15) is 0 Å². The Kier molecular flexibility index (Phi) is 6.10. The summed E-state index contributed by atoms with van der Waals surface area (Å²) in [5, 5.41) is 8.66. The van der Waals surface area contributed by atoms with E-state index in [1.54, 1.807) is 7.05 Å². The highest BCUT2D eigenvalue weighted by atomic mass is 19.4. The van der Waals surface area contributed by atoms with Gasteiger partial charge in [0.05, 0.1) is 5.92 Å². The molecule has 19 heavy (non-hydrogen) atoms. The molecule has 0 bridgehead atoms. The van der Waals surface area contributed by atoms with Gasteiger partial charge in [-0.15, -0.1) is 0 Å². The van der Waals surface area contributed by atoms with Gasteiger partial charge in [0.15, 0.2) is 0 Å². The van der Waals surface area contributed by atoms with Crippen LogP contribution in [0.3, 0.4) is 0 Å². The lowest BCUT2D eigenvalue weighted by Crippen LogP contribution is -2.43. The summed E-state index contributed by atoms with van der Waals surface area (Å²) in [6.07, 6.45) is -1.49. The van der Waals surface area contributed by atoms with E-state index in [2.05, 4.69) is 0 Å². The Labute approximate surface area is 111 Å². The summed E-state index contributed by atoms with van der Waals surface area (Å²) in [7, 11) is 1.54. The first-order valence-corrected chi connectivity index (χ1v) is 6.80. The molecule has 0 spiro atoms. The quantitative estimate of drug-likeness (QED) is 0.787. The van der Waals surface area contributed by atoms with Crippen LogP contribution >= 0.6 is 0 Å². The maximum Gasteiger partial charge on any atom is 0.392 e. The second-order valence-corrected chi connectivity index (χ2v) is 5.23. The standard InChI is InChI=1S/C13H22F3NO2/c1-17(8-4-5-9-18)12(19)10-6-2-3-7-11(10)13(14,15)16/h10-11,18H,2-9H2,1H3/t10-,11+/m1/s1.